The number of hydrogen-bond acceptors (Lipinski definition) is 5. The number of nitrogens with zero attached hydrogens (tertiary/aromatic N) is 4. The third kappa shape index (κ3) is 2.74. The van der Waals surface area contributed by atoms with E-state index in [-0.39, 0.29) is 24.1 Å². The maximum atomic E-state index is 12.9. The van der Waals surface area contributed by atoms with Gasteiger partial charge in [-0.3, -0.25) is 9.59 Å². The number of benzene rings is 1. The Hall–Kier alpha value is -2.54. The van der Waals surface area contributed by atoms with Gasteiger partial charge < -0.3 is 4.90 Å². The van der Waals surface area contributed by atoms with Crippen LogP contribution in [0.4, 0.5) is 0 Å². The van der Waals surface area contributed by atoms with E-state index in [1.54, 1.807) is 29.5 Å². The molecule has 0 aliphatic carbocycles. The Morgan fingerprint density at radius 1 is 1.32 bits per heavy atom. The molecule has 1 amide bonds. The number of amides is 1. The summed E-state index contributed by atoms with van der Waals surface area (Å²) >= 11 is 1.75. The number of rotatable bonds is 3. The summed E-state index contributed by atoms with van der Waals surface area (Å²) in [4.78, 5) is 28.6. The van der Waals surface area contributed by atoms with Gasteiger partial charge >= 0.3 is 0 Å². The van der Waals surface area contributed by atoms with Crippen molar-refractivity contribution >= 4 is 28.1 Å². The Labute approximate surface area is 148 Å². The zero-order valence-electron chi connectivity index (χ0n) is 13.9. The van der Waals surface area contributed by atoms with Gasteiger partial charge in [-0.1, -0.05) is 24.3 Å². The summed E-state index contributed by atoms with van der Waals surface area (Å²) in [5, 5.41) is 10.6. The van der Waals surface area contributed by atoms with E-state index in [1.807, 2.05) is 11.0 Å². The average Bonchev–Trinajstić information content (AvgIpc) is 3.12. The highest BCUT2D eigenvalue weighted by Gasteiger charge is 2.30. The first kappa shape index (κ1) is 16.0. The lowest BCUT2D eigenvalue weighted by Crippen LogP contribution is -2.42. The molecule has 0 N–H and O–H groups in total. The van der Waals surface area contributed by atoms with Crippen molar-refractivity contribution < 1.29 is 4.79 Å². The first-order valence-electron chi connectivity index (χ1n) is 8.37. The molecule has 0 spiro atoms. The standard InChI is InChI=1S/C18H18N4O2S/c1-2-15-13-8-10-25-16(13)7-9-21(15)17(23)11-22-18(24)12-5-3-4-6-14(12)19-20-22/h3-6,8,10,15H,2,7,9,11H2,1H3. The summed E-state index contributed by atoms with van der Waals surface area (Å²) in [6.07, 6.45) is 1.72. The fourth-order valence-electron chi connectivity index (χ4n) is 3.48. The first-order chi connectivity index (χ1) is 12.2. The van der Waals surface area contributed by atoms with Gasteiger partial charge in [0.25, 0.3) is 5.56 Å². The summed E-state index contributed by atoms with van der Waals surface area (Å²) in [5.41, 5.74) is 1.51. The number of fused-ring (bicyclic) bond motifs is 2. The van der Waals surface area contributed by atoms with Crippen molar-refractivity contribution in [3.8, 4) is 0 Å². The summed E-state index contributed by atoms with van der Waals surface area (Å²) in [7, 11) is 0. The van der Waals surface area contributed by atoms with Crippen molar-refractivity contribution in [2.45, 2.75) is 32.4 Å². The van der Waals surface area contributed by atoms with Crippen LogP contribution < -0.4 is 5.56 Å². The maximum absolute atomic E-state index is 12.9. The van der Waals surface area contributed by atoms with Crippen molar-refractivity contribution in [2.75, 3.05) is 6.54 Å². The minimum Gasteiger partial charge on any atom is -0.334 e. The maximum Gasteiger partial charge on any atom is 0.278 e. The molecule has 128 valence electrons. The normalized spacial score (nSPS) is 16.8. The molecule has 1 unspecified atom stereocenters. The molecule has 3 heterocycles. The molecule has 0 saturated heterocycles. The van der Waals surface area contributed by atoms with Gasteiger partial charge in [0, 0.05) is 11.4 Å². The predicted octanol–water partition coefficient (Wildman–Crippen LogP) is 2.39. The van der Waals surface area contributed by atoms with E-state index in [1.165, 1.54) is 15.1 Å². The highest BCUT2D eigenvalue weighted by atomic mass is 32.1. The molecule has 0 radical (unpaired) electrons. The fourth-order valence-corrected chi connectivity index (χ4v) is 4.41. The third-order valence-electron chi connectivity index (χ3n) is 4.72. The second-order valence-corrected chi connectivity index (χ2v) is 7.13. The van der Waals surface area contributed by atoms with Crippen LogP contribution in [-0.2, 0) is 17.8 Å². The lowest BCUT2D eigenvalue weighted by molar-refractivity contribution is -0.135. The van der Waals surface area contributed by atoms with E-state index in [0.717, 1.165) is 12.8 Å². The van der Waals surface area contributed by atoms with Crippen molar-refractivity contribution in [3.05, 3.63) is 56.5 Å². The Morgan fingerprint density at radius 2 is 2.16 bits per heavy atom. The smallest absolute Gasteiger partial charge is 0.278 e. The zero-order chi connectivity index (χ0) is 17.4. The molecule has 25 heavy (non-hydrogen) atoms. The summed E-state index contributed by atoms with van der Waals surface area (Å²) in [6.45, 7) is 2.69. The second kappa shape index (κ2) is 6.40. The molecule has 1 aromatic carbocycles. The summed E-state index contributed by atoms with van der Waals surface area (Å²) < 4.78 is 1.17. The van der Waals surface area contributed by atoms with Crippen molar-refractivity contribution in [2.24, 2.45) is 0 Å². The molecule has 3 aromatic rings. The SMILES string of the molecule is CCC1c2ccsc2CCN1C(=O)Cn1nnc2ccccc2c1=O. The van der Waals surface area contributed by atoms with E-state index < -0.39 is 0 Å². The largest absolute Gasteiger partial charge is 0.334 e. The number of carbonyl (C=O) groups excluding carboxylic acids is 1. The number of aromatic nitrogens is 3. The first-order valence-corrected chi connectivity index (χ1v) is 9.25. The molecule has 1 aliphatic heterocycles. The Bertz CT molecular complexity index is 994. The molecule has 1 atom stereocenters. The zero-order valence-corrected chi connectivity index (χ0v) is 14.7. The van der Waals surface area contributed by atoms with Gasteiger partial charge in [-0.15, -0.1) is 16.4 Å². The van der Waals surface area contributed by atoms with E-state index in [4.69, 9.17) is 0 Å². The van der Waals surface area contributed by atoms with Crippen LogP contribution in [0.25, 0.3) is 10.9 Å². The third-order valence-corrected chi connectivity index (χ3v) is 5.71. The predicted molar refractivity (Wildman–Crippen MR) is 96.6 cm³/mol. The molecule has 1 aliphatic rings. The Balaban J connectivity index is 1.62. The highest BCUT2D eigenvalue weighted by Crippen LogP contribution is 2.35. The quantitative estimate of drug-likeness (QED) is 0.724. The second-order valence-electron chi connectivity index (χ2n) is 6.13. The summed E-state index contributed by atoms with van der Waals surface area (Å²) in [6, 6.07) is 9.23. The van der Waals surface area contributed by atoms with Crippen LogP contribution in [-0.4, -0.2) is 32.3 Å². The van der Waals surface area contributed by atoms with Crippen LogP contribution >= 0.6 is 11.3 Å². The monoisotopic (exact) mass is 354 g/mol. The van der Waals surface area contributed by atoms with Gasteiger partial charge in [0.15, 0.2) is 0 Å². The van der Waals surface area contributed by atoms with Crippen LogP contribution in [0.1, 0.15) is 29.8 Å². The van der Waals surface area contributed by atoms with E-state index in [9.17, 15) is 9.59 Å². The van der Waals surface area contributed by atoms with Crippen LogP contribution in [0.5, 0.6) is 0 Å². The minimum absolute atomic E-state index is 0.0756. The molecule has 4 rings (SSSR count). The lowest BCUT2D eigenvalue weighted by atomic mass is 9.98. The molecular weight excluding hydrogens is 336 g/mol. The van der Waals surface area contributed by atoms with E-state index in [2.05, 4.69) is 28.7 Å². The van der Waals surface area contributed by atoms with Gasteiger partial charge in [-0.05, 0) is 42.0 Å². The van der Waals surface area contributed by atoms with Gasteiger partial charge in [-0.2, -0.15) is 0 Å². The van der Waals surface area contributed by atoms with Crippen LogP contribution in [0.15, 0.2) is 40.5 Å². The molecule has 6 nitrogen and oxygen atoms in total. The lowest BCUT2D eigenvalue weighted by Gasteiger charge is -2.35. The Morgan fingerprint density at radius 3 is 3.00 bits per heavy atom. The number of carbonyl (C=O) groups is 1. The molecule has 7 heteroatoms. The van der Waals surface area contributed by atoms with Gasteiger partial charge in [0.05, 0.1) is 11.4 Å². The number of hydrogen-bond donors (Lipinski definition) is 0. The highest BCUT2D eigenvalue weighted by molar-refractivity contribution is 7.10. The number of thiophene rings is 1. The fraction of sp³-hybridized carbons (Fsp3) is 0.333. The van der Waals surface area contributed by atoms with Crippen molar-refractivity contribution in [1.29, 1.82) is 0 Å². The van der Waals surface area contributed by atoms with E-state index in [0.29, 0.717) is 17.4 Å². The minimum atomic E-state index is -0.278. The molecule has 0 bridgehead atoms. The van der Waals surface area contributed by atoms with Crippen molar-refractivity contribution in [3.63, 3.8) is 0 Å². The van der Waals surface area contributed by atoms with Crippen LogP contribution in [0.2, 0.25) is 0 Å². The molecule has 0 fully saturated rings. The van der Waals surface area contributed by atoms with Crippen molar-refractivity contribution in [1.82, 2.24) is 19.9 Å². The van der Waals surface area contributed by atoms with Gasteiger partial charge in [0.1, 0.15) is 12.1 Å². The molecular formula is C18H18N4O2S. The van der Waals surface area contributed by atoms with E-state index >= 15 is 0 Å². The molecule has 0 saturated carbocycles. The van der Waals surface area contributed by atoms with Gasteiger partial charge in [-0.25, -0.2) is 4.68 Å². The van der Waals surface area contributed by atoms with Crippen LogP contribution in [0.3, 0.4) is 0 Å². The average molecular weight is 354 g/mol. The molecule has 2 aromatic heterocycles. The topological polar surface area (TPSA) is 68.1 Å². The summed E-state index contributed by atoms with van der Waals surface area (Å²) in [5.74, 6) is -0.0876. The van der Waals surface area contributed by atoms with Gasteiger partial charge in [0.2, 0.25) is 5.91 Å². The van der Waals surface area contributed by atoms with Crippen LogP contribution in [0, 0.1) is 0 Å². The Kier molecular flexibility index (Phi) is 4.09.